The fourth-order valence-corrected chi connectivity index (χ4v) is 4.27. The van der Waals surface area contributed by atoms with Gasteiger partial charge in [-0.25, -0.2) is 5.43 Å². The van der Waals surface area contributed by atoms with Crippen molar-refractivity contribution >= 4 is 29.9 Å². The number of aryl methyl sites for hydroxylation is 2. The average molecular weight is 530 g/mol. The molecule has 0 bridgehead atoms. The van der Waals surface area contributed by atoms with E-state index >= 15 is 0 Å². The number of rotatable bonds is 9. The lowest BCUT2D eigenvalue weighted by Crippen LogP contribution is -2.20. The second-order valence-corrected chi connectivity index (χ2v) is 9.37. The minimum atomic E-state index is -0.446. The van der Waals surface area contributed by atoms with Crippen LogP contribution in [0.3, 0.4) is 0 Å². The Morgan fingerprint density at radius 2 is 1.66 bits per heavy atom. The topological polar surface area (TPSA) is 108 Å². The molecule has 0 saturated heterocycles. The van der Waals surface area contributed by atoms with Crippen LogP contribution in [-0.2, 0) is 9.59 Å². The molecule has 0 spiro atoms. The summed E-state index contributed by atoms with van der Waals surface area (Å²) in [5.74, 6) is 0.722. The van der Waals surface area contributed by atoms with Crippen molar-refractivity contribution in [2.75, 3.05) is 12.9 Å². The van der Waals surface area contributed by atoms with Crippen molar-refractivity contribution in [3.63, 3.8) is 0 Å². The first-order chi connectivity index (χ1) is 18.3. The second kappa shape index (κ2) is 12.2. The highest BCUT2D eigenvalue weighted by atomic mass is 32.2. The summed E-state index contributed by atoms with van der Waals surface area (Å²) in [5.41, 5.74) is 7.31. The number of esters is 1. The summed E-state index contributed by atoms with van der Waals surface area (Å²) in [4.78, 5) is 23.7. The molecular formula is C28H27N5O4S. The maximum absolute atomic E-state index is 12.5. The van der Waals surface area contributed by atoms with E-state index in [-0.39, 0.29) is 11.7 Å². The first-order valence-corrected chi connectivity index (χ1v) is 12.7. The Morgan fingerprint density at radius 3 is 2.32 bits per heavy atom. The maximum atomic E-state index is 12.5. The van der Waals surface area contributed by atoms with Gasteiger partial charge in [0.25, 0.3) is 5.91 Å². The van der Waals surface area contributed by atoms with Gasteiger partial charge in [0.15, 0.2) is 22.5 Å². The monoisotopic (exact) mass is 529 g/mol. The quantitative estimate of drug-likeness (QED) is 0.110. The van der Waals surface area contributed by atoms with Gasteiger partial charge in [-0.1, -0.05) is 59.3 Å². The van der Waals surface area contributed by atoms with Crippen LogP contribution in [0.5, 0.6) is 11.5 Å². The standard InChI is InChI=1S/C28H27N5O4S/c1-18-5-10-22(11-6-18)27-31-32-28(33(27)23-12-7-19(2)8-13-23)38-17-26(35)30-29-16-21-9-14-24(37-20(3)34)25(15-21)36-4/h5-16H,17H2,1-4H3,(H,30,35). The van der Waals surface area contributed by atoms with Gasteiger partial charge in [0, 0.05) is 18.2 Å². The summed E-state index contributed by atoms with van der Waals surface area (Å²) >= 11 is 1.27. The van der Waals surface area contributed by atoms with Gasteiger partial charge in [0.2, 0.25) is 0 Å². The van der Waals surface area contributed by atoms with Crippen LogP contribution in [0.25, 0.3) is 17.1 Å². The van der Waals surface area contributed by atoms with Crippen molar-refractivity contribution < 1.29 is 19.1 Å². The smallest absolute Gasteiger partial charge is 0.308 e. The number of hydrogen-bond acceptors (Lipinski definition) is 8. The van der Waals surface area contributed by atoms with E-state index in [4.69, 9.17) is 9.47 Å². The normalized spacial score (nSPS) is 10.9. The summed E-state index contributed by atoms with van der Waals surface area (Å²) in [6.45, 7) is 5.38. The third-order valence-corrected chi connectivity index (χ3v) is 6.34. The summed E-state index contributed by atoms with van der Waals surface area (Å²) in [6.07, 6.45) is 1.48. The van der Waals surface area contributed by atoms with E-state index in [1.807, 2.05) is 66.9 Å². The van der Waals surface area contributed by atoms with E-state index in [2.05, 4.69) is 20.7 Å². The molecule has 0 aliphatic carbocycles. The number of hydrogen-bond donors (Lipinski definition) is 1. The maximum Gasteiger partial charge on any atom is 0.308 e. The molecule has 4 aromatic rings. The molecule has 1 N–H and O–H groups in total. The van der Waals surface area contributed by atoms with Gasteiger partial charge in [-0.3, -0.25) is 14.2 Å². The fourth-order valence-electron chi connectivity index (χ4n) is 3.52. The van der Waals surface area contributed by atoms with Crippen molar-refractivity contribution in [1.82, 2.24) is 20.2 Å². The predicted octanol–water partition coefficient (Wildman–Crippen LogP) is 4.73. The van der Waals surface area contributed by atoms with Gasteiger partial charge >= 0.3 is 5.97 Å². The predicted molar refractivity (Wildman–Crippen MR) is 147 cm³/mol. The number of aromatic nitrogens is 3. The molecule has 0 aliphatic heterocycles. The molecule has 1 heterocycles. The molecule has 0 unspecified atom stereocenters. The largest absolute Gasteiger partial charge is 0.493 e. The van der Waals surface area contributed by atoms with E-state index in [9.17, 15) is 9.59 Å². The highest BCUT2D eigenvalue weighted by molar-refractivity contribution is 7.99. The number of hydrazone groups is 1. The van der Waals surface area contributed by atoms with Crippen LogP contribution in [0.15, 0.2) is 77.0 Å². The molecule has 1 amide bonds. The molecule has 3 aromatic carbocycles. The van der Waals surface area contributed by atoms with Crippen LogP contribution < -0.4 is 14.9 Å². The number of methoxy groups -OCH3 is 1. The van der Waals surface area contributed by atoms with Crippen LogP contribution >= 0.6 is 11.8 Å². The summed E-state index contributed by atoms with van der Waals surface area (Å²) in [7, 11) is 1.47. The Labute approximate surface area is 224 Å². The Hall–Kier alpha value is -4.44. The van der Waals surface area contributed by atoms with Crippen LogP contribution in [0.1, 0.15) is 23.6 Å². The zero-order chi connectivity index (χ0) is 27.1. The summed E-state index contributed by atoms with van der Waals surface area (Å²) in [6, 6.07) is 21.1. The number of ether oxygens (including phenoxy) is 2. The number of nitrogens with zero attached hydrogens (tertiary/aromatic N) is 4. The molecule has 10 heteroatoms. The van der Waals surface area contributed by atoms with E-state index in [1.165, 1.54) is 32.0 Å². The number of benzene rings is 3. The highest BCUT2D eigenvalue weighted by Gasteiger charge is 2.17. The zero-order valence-electron chi connectivity index (χ0n) is 21.5. The SMILES string of the molecule is COc1cc(C=NNC(=O)CSc2nnc(-c3ccc(C)cc3)n2-c2ccc(C)cc2)ccc1OC(C)=O. The minimum absolute atomic E-state index is 0.0872. The molecular weight excluding hydrogens is 502 g/mol. The minimum Gasteiger partial charge on any atom is -0.493 e. The highest BCUT2D eigenvalue weighted by Crippen LogP contribution is 2.29. The lowest BCUT2D eigenvalue weighted by atomic mass is 10.1. The third kappa shape index (κ3) is 6.65. The van der Waals surface area contributed by atoms with Gasteiger partial charge in [-0.05, 0) is 49.7 Å². The molecule has 0 saturated carbocycles. The molecule has 4 rings (SSSR count). The van der Waals surface area contributed by atoms with Gasteiger partial charge in [-0.15, -0.1) is 10.2 Å². The second-order valence-electron chi connectivity index (χ2n) is 8.43. The Balaban J connectivity index is 1.46. The number of carbonyl (C=O) groups excluding carboxylic acids is 2. The van der Waals surface area contributed by atoms with E-state index in [1.54, 1.807) is 18.2 Å². The van der Waals surface area contributed by atoms with Crippen LogP contribution in [0, 0.1) is 13.8 Å². The van der Waals surface area contributed by atoms with E-state index < -0.39 is 5.97 Å². The zero-order valence-corrected chi connectivity index (χ0v) is 22.3. The van der Waals surface area contributed by atoms with Crippen LogP contribution in [0.4, 0.5) is 0 Å². The van der Waals surface area contributed by atoms with Crippen molar-refractivity contribution in [3.8, 4) is 28.6 Å². The summed E-state index contributed by atoms with van der Waals surface area (Å²) < 4.78 is 12.3. The molecule has 0 atom stereocenters. The van der Waals surface area contributed by atoms with Crippen molar-refractivity contribution in [1.29, 1.82) is 0 Å². The number of nitrogens with one attached hydrogen (secondary N) is 1. The summed E-state index contributed by atoms with van der Waals surface area (Å²) in [5, 5.41) is 13.4. The molecule has 9 nitrogen and oxygen atoms in total. The number of thioether (sulfide) groups is 1. The van der Waals surface area contributed by atoms with Crippen LogP contribution in [0.2, 0.25) is 0 Å². The molecule has 38 heavy (non-hydrogen) atoms. The van der Waals surface area contributed by atoms with Crippen molar-refractivity contribution in [3.05, 3.63) is 83.4 Å². The average Bonchev–Trinajstić information content (AvgIpc) is 3.32. The first-order valence-electron chi connectivity index (χ1n) is 11.7. The Kier molecular flexibility index (Phi) is 8.55. The van der Waals surface area contributed by atoms with Crippen LogP contribution in [-0.4, -0.2) is 45.7 Å². The van der Waals surface area contributed by atoms with Gasteiger partial charge in [-0.2, -0.15) is 5.10 Å². The molecule has 0 fully saturated rings. The molecule has 194 valence electrons. The number of amides is 1. The molecule has 0 aliphatic rings. The van der Waals surface area contributed by atoms with Crippen molar-refractivity contribution in [2.45, 2.75) is 25.9 Å². The lowest BCUT2D eigenvalue weighted by molar-refractivity contribution is -0.132. The third-order valence-electron chi connectivity index (χ3n) is 5.41. The number of carbonyl (C=O) groups is 2. The van der Waals surface area contributed by atoms with Gasteiger partial charge in [0.1, 0.15) is 0 Å². The molecule has 0 radical (unpaired) electrons. The fraction of sp³-hybridized carbons (Fsp3) is 0.179. The van der Waals surface area contributed by atoms with E-state index in [0.717, 1.165) is 22.4 Å². The molecule has 1 aromatic heterocycles. The first kappa shape index (κ1) is 26.6. The van der Waals surface area contributed by atoms with E-state index in [0.29, 0.717) is 28.0 Å². The lowest BCUT2D eigenvalue weighted by Gasteiger charge is -2.11. The van der Waals surface area contributed by atoms with Gasteiger partial charge in [0.05, 0.1) is 19.1 Å². The van der Waals surface area contributed by atoms with Crippen molar-refractivity contribution in [2.24, 2.45) is 5.10 Å². The Morgan fingerprint density at radius 1 is 0.974 bits per heavy atom. The Bertz CT molecular complexity index is 1460. The van der Waals surface area contributed by atoms with Gasteiger partial charge < -0.3 is 9.47 Å².